The number of aliphatic imine (C=N–C) groups is 1. The van der Waals surface area contributed by atoms with Crippen LogP contribution in [0.4, 0.5) is 0 Å². The molecule has 170 valence electrons. The van der Waals surface area contributed by atoms with Gasteiger partial charge in [0.1, 0.15) is 18.2 Å². The highest BCUT2D eigenvalue weighted by molar-refractivity contribution is 5.79. The van der Waals surface area contributed by atoms with Crippen LogP contribution in [0.15, 0.2) is 46.0 Å². The molecule has 1 atom stereocenters. The second kappa shape index (κ2) is 10.8. The van der Waals surface area contributed by atoms with Gasteiger partial charge in [-0.25, -0.2) is 9.98 Å². The van der Waals surface area contributed by atoms with Crippen molar-refractivity contribution in [3.05, 3.63) is 53.5 Å². The molecule has 0 spiro atoms. The lowest BCUT2D eigenvalue weighted by Crippen LogP contribution is -2.37. The van der Waals surface area contributed by atoms with Crippen molar-refractivity contribution in [2.75, 3.05) is 19.8 Å². The highest BCUT2D eigenvalue weighted by Crippen LogP contribution is 2.23. The Labute approximate surface area is 187 Å². The molecule has 0 amide bonds. The van der Waals surface area contributed by atoms with E-state index < -0.39 is 0 Å². The Morgan fingerprint density at radius 3 is 3.03 bits per heavy atom. The van der Waals surface area contributed by atoms with Crippen LogP contribution >= 0.6 is 0 Å². The van der Waals surface area contributed by atoms with Crippen molar-refractivity contribution in [3.8, 4) is 17.3 Å². The number of nitrogens with one attached hydrogen (secondary N) is 3. The smallest absolute Gasteiger partial charge is 0.216 e. The molecule has 32 heavy (non-hydrogen) atoms. The van der Waals surface area contributed by atoms with E-state index in [0.717, 1.165) is 42.9 Å². The van der Waals surface area contributed by atoms with Gasteiger partial charge >= 0.3 is 0 Å². The molecule has 9 heteroatoms. The number of furan rings is 1. The Hall–Kier alpha value is -3.33. The quantitative estimate of drug-likeness (QED) is 0.348. The Bertz CT molecular complexity index is 1010. The molecule has 4 rings (SSSR count). The topological polar surface area (TPSA) is 110 Å². The lowest BCUT2D eigenvalue weighted by atomic mass is 10.1. The summed E-state index contributed by atoms with van der Waals surface area (Å²) in [5, 5.41) is 13.7. The zero-order chi connectivity index (χ0) is 22.2. The Kier molecular flexibility index (Phi) is 7.39. The summed E-state index contributed by atoms with van der Waals surface area (Å²) in [6.45, 7) is 7.18. The summed E-state index contributed by atoms with van der Waals surface area (Å²) in [6.07, 6.45) is 3.93. The van der Waals surface area contributed by atoms with Crippen LogP contribution in [0.25, 0.3) is 11.6 Å². The Morgan fingerprint density at radius 1 is 1.31 bits per heavy atom. The van der Waals surface area contributed by atoms with E-state index in [1.165, 1.54) is 0 Å². The van der Waals surface area contributed by atoms with Crippen LogP contribution < -0.4 is 15.4 Å². The summed E-state index contributed by atoms with van der Waals surface area (Å²) in [4.78, 5) is 9.18. The number of hydrogen-bond donors (Lipinski definition) is 3. The predicted octanol–water partition coefficient (Wildman–Crippen LogP) is 3.19. The van der Waals surface area contributed by atoms with Gasteiger partial charge in [0, 0.05) is 18.7 Å². The molecule has 1 fully saturated rings. The number of H-pyrrole nitrogens is 1. The van der Waals surface area contributed by atoms with Gasteiger partial charge in [-0.3, -0.25) is 5.10 Å². The molecule has 3 N–H and O–H groups in total. The van der Waals surface area contributed by atoms with Crippen LogP contribution in [0.5, 0.6) is 5.75 Å². The van der Waals surface area contributed by atoms with E-state index in [-0.39, 0.29) is 6.10 Å². The molecule has 0 aliphatic carbocycles. The average Bonchev–Trinajstić information content (AvgIpc) is 3.57. The van der Waals surface area contributed by atoms with E-state index in [9.17, 15) is 0 Å². The molecule has 2 aromatic heterocycles. The lowest BCUT2D eigenvalue weighted by molar-refractivity contribution is 0.0676. The van der Waals surface area contributed by atoms with Crippen molar-refractivity contribution in [3.63, 3.8) is 0 Å². The number of hydrogen-bond acceptors (Lipinski definition) is 6. The Morgan fingerprint density at radius 2 is 2.25 bits per heavy atom. The summed E-state index contributed by atoms with van der Waals surface area (Å²) >= 11 is 0. The van der Waals surface area contributed by atoms with Gasteiger partial charge in [-0.05, 0) is 50.5 Å². The summed E-state index contributed by atoms with van der Waals surface area (Å²) in [7, 11) is 0. The number of ether oxygens (including phenoxy) is 2. The molecule has 1 saturated heterocycles. The van der Waals surface area contributed by atoms with E-state index in [2.05, 4.69) is 50.9 Å². The summed E-state index contributed by atoms with van der Waals surface area (Å²) in [5.41, 5.74) is 2.19. The van der Waals surface area contributed by atoms with Gasteiger partial charge in [0.15, 0.2) is 11.7 Å². The van der Waals surface area contributed by atoms with Crippen LogP contribution in [0.2, 0.25) is 0 Å². The zero-order valence-electron chi connectivity index (χ0n) is 18.6. The van der Waals surface area contributed by atoms with Gasteiger partial charge in [0.25, 0.3) is 0 Å². The number of guanidine groups is 1. The minimum absolute atomic E-state index is 0.179. The summed E-state index contributed by atoms with van der Waals surface area (Å²) < 4.78 is 17.1. The van der Waals surface area contributed by atoms with Gasteiger partial charge in [0.2, 0.25) is 5.82 Å². The van der Waals surface area contributed by atoms with Gasteiger partial charge < -0.3 is 24.5 Å². The molecule has 1 aromatic carbocycles. The lowest BCUT2D eigenvalue weighted by Gasteiger charge is -2.15. The predicted molar refractivity (Wildman–Crippen MR) is 121 cm³/mol. The standard InChI is InChI=1S/C23H30N6O3/c1-3-24-23(26-14-21-27-22(29-28-21)19-7-5-11-31-19)25-13-17-9-8-16(2)12-20(17)32-15-18-6-4-10-30-18/h5,7-9,11-12,18H,3-4,6,10,13-15H2,1-2H3,(H2,24,25,26)(H,27,28,29). The first kappa shape index (κ1) is 21.9. The third-order valence-electron chi connectivity index (χ3n) is 5.12. The second-order valence-corrected chi connectivity index (χ2v) is 7.69. The van der Waals surface area contributed by atoms with E-state index in [0.29, 0.717) is 43.1 Å². The second-order valence-electron chi connectivity index (χ2n) is 7.69. The third kappa shape index (κ3) is 5.88. The zero-order valence-corrected chi connectivity index (χ0v) is 18.6. The third-order valence-corrected chi connectivity index (χ3v) is 5.12. The van der Waals surface area contributed by atoms with Gasteiger partial charge in [-0.2, -0.15) is 0 Å². The minimum Gasteiger partial charge on any atom is -0.491 e. The fourth-order valence-corrected chi connectivity index (χ4v) is 3.45. The van der Waals surface area contributed by atoms with E-state index in [1.54, 1.807) is 6.26 Å². The molecule has 1 aliphatic rings. The first-order chi connectivity index (χ1) is 15.7. The van der Waals surface area contributed by atoms with Gasteiger partial charge in [-0.1, -0.05) is 12.1 Å². The van der Waals surface area contributed by atoms with E-state index >= 15 is 0 Å². The maximum atomic E-state index is 6.09. The fourth-order valence-electron chi connectivity index (χ4n) is 3.45. The van der Waals surface area contributed by atoms with Crippen LogP contribution in [0.1, 0.15) is 36.7 Å². The molecule has 0 bridgehead atoms. The maximum absolute atomic E-state index is 6.09. The normalized spacial score (nSPS) is 16.3. The van der Waals surface area contributed by atoms with Crippen LogP contribution in [0, 0.1) is 6.92 Å². The van der Waals surface area contributed by atoms with E-state index in [4.69, 9.17) is 18.9 Å². The van der Waals surface area contributed by atoms with E-state index in [1.807, 2.05) is 19.1 Å². The van der Waals surface area contributed by atoms with Crippen LogP contribution in [-0.2, 0) is 17.8 Å². The monoisotopic (exact) mass is 438 g/mol. The summed E-state index contributed by atoms with van der Waals surface area (Å²) in [5.74, 6) is 3.40. The number of rotatable bonds is 9. The van der Waals surface area contributed by atoms with Crippen molar-refractivity contribution in [2.45, 2.75) is 45.9 Å². The molecule has 0 radical (unpaired) electrons. The molecular weight excluding hydrogens is 408 g/mol. The fraction of sp³-hybridized carbons (Fsp3) is 0.435. The SMILES string of the molecule is CCNC(=NCc1ccc(C)cc1OCC1CCCO1)NCc1nc(-c2ccco2)n[nH]1. The van der Waals surface area contributed by atoms with Gasteiger partial charge in [-0.15, -0.1) is 5.10 Å². The molecule has 1 aliphatic heterocycles. The minimum atomic E-state index is 0.179. The largest absolute Gasteiger partial charge is 0.491 e. The van der Waals surface area contributed by atoms with Crippen molar-refractivity contribution in [1.29, 1.82) is 0 Å². The van der Waals surface area contributed by atoms with Crippen molar-refractivity contribution in [1.82, 2.24) is 25.8 Å². The van der Waals surface area contributed by atoms with Gasteiger partial charge in [0.05, 0.1) is 25.5 Å². The highest BCUT2D eigenvalue weighted by atomic mass is 16.5. The average molecular weight is 439 g/mol. The maximum Gasteiger partial charge on any atom is 0.216 e. The number of aromatic amines is 1. The molecule has 1 unspecified atom stereocenters. The summed E-state index contributed by atoms with van der Waals surface area (Å²) in [6, 6.07) is 9.84. The molecule has 3 aromatic rings. The first-order valence-corrected chi connectivity index (χ1v) is 11.0. The molecule has 9 nitrogen and oxygen atoms in total. The highest BCUT2D eigenvalue weighted by Gasteiger charge is 2.17. The van der Waals surface area contributed by atoms with Crippen molar-refractivity contribution >= 4 is 5.96 Å². The van der Waals surface area contributed by atoms with Crippen molar-refractivity contribution < 1.29 is 13.9 Å². The first-order valence-electron chi connectivity index (χ1n) is 11.0. The molecule has 0 saturated carbocycles. The molecular formula is C23H30N6O3. The van der Waals surface area contributed by atoms with Crippen molar-refractivity contribution in [2.24, 2.45) is 4.99 Å². The van der Waals surface area contributed by atoms with Crippen LogP contribution in [0.3, 0.4) is 0 Å². The molecule has 3 heterocycles. The number of aromatic nitrogens is 3. The number of nitrogens with zero attached hydrogens (tertiary/aromatic N) is 3. The Balaban J connectivity index is 1.38. The van der Waals surface area contributed by atoms with Crippen LogP contribution in [-0.4, -0.2) is 47.0 Å². The number of aryl methyl sites for hydroxylation is 1. The number of benzene rings is 1.